The molecule has 4 nitrogen and oxygen atoms in total. The molecule has 0 spiro atoms. The SMILES string of the molecule is Cc1ccc(S(=O)(=O)N(C)C/C=C2/C(=O)/C(=C\[Si](C)(C)C)c3ccccc32)cc1. The van der Waals surface area contributed by atoms with E-state index in [0.29, 0.717) is 5.57 Å². The number of hydrogen-bond acceptors (Lipinski definition) is 3. The molecule has 1 aliphatic rings. The number of likely N-dealkylation sites (N-methyl/N-ethyl adjacent to an activating group) is 1. The van der Waals surface area contributed by atoms with Crippen LogP contribution in [0.15, 0.2) is 65.2 Å². The zero-order chi connectivity index (χ0) is 21.4. The Balaban J connectivity index is 1.93. The van der Waals surface area contributed by atoms with Gasteiger partial charge in [-0.1, -0.05) is 73.4 Å². The third kappa shape index (κ3) is 4.50. The Labute approximate surface area is 174 Å². The first-order valence-electron chi connectivity index (χ1n) is 9.61. The molecular weight excluding hydrogens is 398 g/mol. The van der Waals surface area contributed by atoms with E-state index < -0.39 is 18.1 Å². The molecule has 0 saturated carbocycles. The number of ketones is 1. The first-order valence-corrected chi connectivity index (χ1v) is 14.6. The molecule has 0 atom stereocenters. The Bertz CT molecular complexity index is 1110. The standard InChI is InChI=1S/C23H27NO3SSi/c1-17-10-12-18(13-11-17)28(26,27)24(2)15-14-21-19-8-6-7-9-20(19)22(23(21)25)16-29(3,4)5/h6-14,16H,15H2,1-5H3/b21-14+,22-16-. The monoisotopic (exact) mass is 425 g/mol. The Morgan fingerprint density at radius 3 is 2.03 bits per heavy atom. The second-order valence-corrected chi connectivity index (χ2v) is 15.6. The summed E-state index contributed by atoms with van der Waals surface area (Å²) in [5, 5.41) is 0. The second-order valence-electron chi connectivity index (χ2n) is 8.52. The third-order valence-corrected chi connectivity index (χ3v) is 7.85. The maximum Gasteiger partial charge on any atom is 0.243 e. The van der Waals surface area contributed by atoms with Crippen molar-refractivity contribution in [1.29, 1.82) is 0 Å². The van der Waals surface area contributed by atoms with E-state index in [0.717, 1.165) is 22.3 Å². The van der Waals surface area contributed by atoms with Gasteiger partial charge in [0.25, 0.3) is 0 Å². The van der Waals surface area contributed by atoms with Gasteiger partial charge in [0.1, 0.15) is 0 Å². The fourth-order valence-corrected chi connectivity index (χ4v) is 5.59. The van der Waals surface area contributed by atoms with Crippen molar-refractivity contribution in [3.8, 4) is 0 Å². The quantitative estimate of drug-likeness (QED) is 0.522. The lowest BCUT2D eigenvalue weighted by Gasteiger charge is -2.16. The van der Waals surface area contributed by atoms with E-state index in [9.17, 15) is 13.2 Å². The number of allylic oxidation sites excluding steroid dienone is 2. The van der Waals surface area contributed by atoms with E-state index in [-0.39, 0.29) is 17.2 Å². The van der Waals surface area contributed by atoms with Crippen LogP contribution in [0.25, 0.3) is 11.1 Å². The summed E-state index contributed by atoms with van der Waals surface area (Å²) >= 11 is 0. The molecule has 2 aromatic carbocycles. The number of benzene rings is 2. The van der Waals surface area contributed by atoms with E-state index >= 15 is 0 Å². The topological polar surface area (TPSA) is 54.5 Å². The molecule has 0 saturated heterocycles. The number of nitrogens with zero attached hydrogens (tertiary/aromatic N) is 1. The molecule has 2 aromatic rings. The van der Waals surface area contributed by atoms with Crippen LogP contribution in [0.2, 0.25) is 19.6 Å². The minimum atomic E-state index is -3.61. The summed E-state index contributed by atoms with van der Waals surface area (Å²) in [5.41, 5.74) is 6.27. The van der Waals surface area contributed by atoms with Crippen LogP contribution in [-0.4, -0.2) is 40.2 Å². The van der Waals surface area contributed by atoms with Crippen LogP contribution in [0.1, 0.15) is 16.7 Å². The fourth-order valence-electron chi connectivity index (χ4n) is 3.33. The minimum Gasteiger partial charge on any atom is -0.289 e. The molecule has 6 heteroatoms. The van der Waals surface area contributed by atoms with E-state index in [4.69, 9.17) is 0 Å². The Hall–Kier alpha value is -2.28. The van der Waals surface area contributed by atoms with Crippen LogP contribution in [0.3, 0.4) is 0 Å². The predicted octanol–water partition coefficient (Wildman–Crippen LogP) is 4.54. The lowest BCUT2D eigenvalue weighted by atomic mass is 10.1. The van der Waals surface area contributed by atoms with Gasteiger partial charge < -0.3 is 0 Å². The number of aryl methyl sites for hydroxylation is 1. The highest BCUT2D eigenvalue weighted by Gasteiger charge is 2.31. The lowest BCUT2D eigenvalue weighted by molar-refractivity contribution is -0.108. The Kier molecular flexibility index (Phi) is 5.81. The van der Waals surface area contributed by atoms with E-state index in [1.54, 1.807) is 30.3 Å². The van der Waals surface area contributed by atoms with Crippen molar-refractivity contribution in [1.82, 2.24) is 4.31 Å². The predicted molar refractivity (Wildman–Crippen MR) is 122 cm³/mol. The summed E-state index contributed by atoms with van der Waals surface area (Å²) in [7, 11) is -3.68. The van der Waals surface area contributed by atoms with E-state index in [2.05, 4.69) is 25.3 Å². The van der Waals surface area contributed by atoms with Crippen LogP contribution in [0.5, 0.6) is 0 Å². The smallest absolute Gasteiger partial charge is 0.243 e. The van der Waals surface area contributed by atoms with Crippen LogP contribution >= 0.6 is 0 Å². The molecule has 0 N–H and O–H groups in total. The Morgan fingerprint density at radius 1 is 0.931 bits per heavy atom. The number of sulfonamides is 1. The molecule has 0 heterocycles. The van der Waals surface area contributed by atoms with Crippen molar-refractivity contribution in [3.63, 3.8) is 0 Å². The molecule has 29 heavy (non-hydrogen) atoms. The van der Waals surface area contributed by atoms with Gasteiger partial charge >= 0.3 is 0 Å². The average molecular weight is 426 g/mol. The largest absolute Gasteiger partial charge is 0.289 e. The van der Waals surface area contributed by atoms with Crippen molar-refractivity contribution in [2.75, 3.05) is 13.6 Å². The van der Waals surface area contributed by atoms with Crippen LogP contribution in [0, 0.1) is 6.92 Å². The van der Waals surface area contributed by atoms with Crippen molar-refractivity contribution in [2.24, 2.45) is 0 Å². The van der Waals surface area contributed by atoms with Gasteiger partial charge in [-0.25, -0.2) is 8.42 Å². The van der Waals surface area contributed by atoms with Gasteiger partial charge in [-0.2, -0.15) is 4.31 Å². The summed E-state index contributed by atoms with van der Waals surface area (Å²) in [6.45, 7) is 8.63. The number of fused-ring (bicyclic) bond motifs is 1. The van der Waals surface area contributed by atoms with Crippen LogP contribution in [0.4, 0.5) is 0 Å². The van der Waals surface area contributed by atoms with Crippen molar-refractivity contribution < 1.29 is 13.2 Å². The summed E-state index contributed by atoms with van der Waals surface area (Å²) in [6, 6.07) is 14.5. The van der Waals surface area contributed by atoms with Crippen molar-refractivity contribution in [3.05, 3.63) is 77.0 Å². The normalized spacial score (nSPS) is 17.4. The van der Waals surface area contributed by atoms with E-state index in [1.807, 2.05) is 31.2 Å². The van der Waals surface area contributed by atoms with Gasteiger partial charge in [0.15, 0.2) is 5.78 Å². The molecule has 0 aromatic heterocycles. The second kappa shape index (κ2) is 7.86. The van der Waals surface area contributed by atoms with Gasteiger partial charge in [-0.05, 0) is 30.2 Å². The first kappa shape index (κ1) is 21.4. The number of carbonyl (C=O) groups is 1. The molecule has 1 aliphatic carbocycles. The lowest BCUT2D eigenvalue weighted by Crippen LogP contribution is -2.27. The fraction of sp³-hybridized carbons (Fsp3) is 0.261. The molecule has 3 rings (SSSR count). The average Bonchev–Trinajstić information content (AvgIpc) is 2.90. The van der Waals surface area contributed by atoms with Gasteiger partial charge in [0.2, 0.25) is 10.0 Å². The van der Waals surface area contributed by atoms with Crippen molar-refractivity contribution in [2.45, 2.75) is 31.5 Å². The molecular formula is C23H27NO3SSi. The first-order chi connectivity index (χ1) is 13.5. The molecule has 0 radical (unpaired) electrons. The summed E-state index contributed by atoms with van der Waals surface area (Å²) < 4.78 is 26.9. The number of carbonyl (C=O) groups excluding carboxylic acids is 1. The number of hydrogen-bond donors (Lipinski definition) is 0. The molecule has 0 fully saturated rings. The maximum absolute atomic E-state index is 13.1. The van der Waals surface area contributed by atoms with Crippen LogP contribution < -0.4 is 0 Å². The molecule has 152 valence electrons. The van der Waals surface area contributed by atoms with Gasteiger partial charge in [0, 0.05) is 24.7 Å². The molecule has 0 unspecified atom stereocenters. The molecule has 0 aliphatic heterocycles. The van der Waals surface area contributed by atoms with Gasteiger partial charge in [-0.15, -0.1) is 0 Å². The third-order valence-electron chi connectivity index (χ3n) is 4.86. The van der Waals surface area contributed by atoms with Gasteiger partial charge in [-0.3, -0.25) is 4.79 Å². The highest BCUT2D eigenvalue weighted by Crippen LogP contribution is 2.38. The van der Waals surface area contributed by atoms with Crippen LogP contribution in [-0.2, 0) is 14.8 Å². The molecule has 0 bridgehead atoms. The zero-order valence-corrected chi connectivity index (χ0v) is 19.4. The zero-order valence-electron chi connectivity index (χ0n) is 17.6. The number of rotatable bonds is 5. The Morgan fingerprint density at radius 2 is 1.48 bits per heavy atom. The maximum atomic E-state index is 13.1. The molecule has 0 amide bonds. The summed E-state index contributed by atoms with van der Waals surface area (Å²) in [4.78, 5) is 13.4. The van der Waals surface area contributed by atoms with E-state index in [1.165, 1.54) is 11.4 Å². The summed E-state index contributed by atoms with van der Waals surface area (Å²) in [6.07, 6.45) is 1.73. The highest BCUT2D eigenvalue weighted by molar-refractivity contribution is 7.89. The van der Waals surface area contributed by atoms with Crippen molar-refractivity contribution >= 4 is 35.0 Å². The minimum absolute atomic E-state index is 0.0187. The highest BCUT2D eigenvalue weighted by atomic mass is 32.2. The van der Waals surface area contributed by atoms with Gasteiger partial charge in [0.05, 0.1) is 13.0 Å². The summed E-state index contributed by atoms with van der Waals surface area (Å²) in [5.74, 6) is -0.0187. The number of Topliss-reactive ketones (excluding diaryl/α,β-unsaturated/α-hetero) is 1.